The van der Waals surface area contributed by atoms with Gasteiger partial charge in [0.2, 0.25) is 5.91 Å². The van der Waals surface area contributed by atoms with Gasteiger partial charge in [-0.05, 0) is 29.8 Å². The van der Waals surface area contributed by atoms with E-state index in [1.54, 1.807) is 11.3 Å². The number of benzene rings is 1. The summed E-state index contributed by atoms with van der Waals surface area (Å²) < 4.78 is 5.44. The molecular formula is C18H19ClN2O2. The summed E-state index contributed by atoms with van der Waals surface area (Å²) in [5, 5.41) is 6.81. The molecule has 0 radical (unpaired) electrons. The van der Waals surface area contributed by atoms with Gasteiger partial charge < -0.3 is 4.42 Å². The maximum absolute atomic E-state index is 12.8. The van der Waals surface area contributed by atoms with Crippen LogP contribution in [0.3, 0.4) is 0 Å². The summed E-state index contributed by atoms with van der Waals surface area (Å²) in [5.74, 6) is 0.687. The highest BCUT2D eigenvalue weighted by Crippen LogP contribution is 2.36. The second-order valence-corrected chi connectivity index (χ2v) is 7.13. The standard InChI is InChI=1S/C18H19ClN2O2/c1-18(2,3)17(22)21-15(12-6-8-13(19)9-7-12)11-14(20-21)16-5-4-10-23-16/h4-10,15H,11H2,1-3H3/t15-/m0/s1. The Morgan fingerprint density at radius 1 is 1.26 bits per heavy atom. The number of hydrogen-bond donors (Lipinski definition) is 0. The molecule has 1 aliphatic rings. The summed E-state index contributed by atoms with van der Waals surface area (Å²) in [5.41, 5.74) is 1.29. The quantitative estimate of drug-likeness (QED) is 0.804. The molecule has 0 N–H and O–H groups in total. The number of furan rings is 1. The van der Waals surface area contributed by atoms with Crippen molar-refractivity contribution in [2.75, 3.05) is 0 Å². The zero-order chi connectivity index (χ0) is 16.6. The van der Waals surface area contributed by atoms with Crippen molar-refractivity contribution in [1.29, 1.82) is 0 Å². The highest BCUT2D eigenvalue weighted by molar-refractivity contribution is 6.30. The first kappa shape index (κ1) is 15.8. The Morgan fingerprint density at radius 3 is 2.52 bits per heavy atom. The molecule has 1 atom stereocenters. The minimum Gasteiger partial charge on any atom is -0.463 e. The molecule has 120 valence electrons. The summed E-state index contributed by atoms with van der Waals surface area (Å²) in [7, 11) is 0. The molecule has 2 aromatic rings. The predicted octanol–water partition coefficient (Wildman–Crippen LogP) is 4.66. The molecule has 0 saturated carbocycles. The molecule has 0 saturated heterocycles. The van der Waals surface area contributed by atoms with Gasteiger partial charge in [-0.15, -0.1) is 0 Å². The molecule has 0 fully saturated rings. The van der Waals surface area contributed by atoms with E-state index >= 15 is 0 Å². The van der Waals surface area contributed by atoms with Crippen LogP contribution in [-0.4, -0.2) is 16.6 Å². The van der Waals surface area contributed by atoms with E-state index in [1.165, 1.54) is 0 Å². The number of hydrazone groups is 1. The lowest BCUT2D eigenvalue weighted by atomic mass is 9.93. The highest BCUT2D eigenvalue weighted by atomic mass is 35.5. The van der Waals surface area contributed by atoms with E-state index in [4.69, 9.17) is 16.0 Å². The van der Waals surface area contributed by atoms with Gasteiger partial charge in [0.25, 0.3) is 0 Å². The lowest BCUT2D eigenvalue weighted by Crippen LogP contribution is -2.36. The van der Waals surface area contributed by atoms with E-state index < -0.39 is 5.41 Å². The van der Waals surface area contributed by atoms with Gasteiger partial charge in [-0.1, -0.05) is 44.5 Å². The van der Waals surface area contributed by atoms with Crippen LogP contribution in [0.25, 0.3) is 0 Å². The zero-order valence-electron chi connectivity index (χ0n) is 13.4. The Kier molecular flexibility index (Phi) is 4.02. The molecule has 1 amide bonds. The number of carbonyl (C=O) groups excluding carboxylic acids is 1. The average Bonchev–Trinajstić information content (AvgIpc) is 3.15. The van der Waals surface area contributed by atoms with Crippen molar-refractivity contribution in [2.24, 2.45) is 10.5 Å². The maximum Gasteiger partial charge on any atom is 0.248 e. The van der Waals surface area contributed by atoms with Crippen LogP contribution in [0, 0.1) is 5.41 Å². The first-order valence-electron chi connectivity index (χ1n) is 7.57. The maximum atomic E-state index is 12.8. The Bertz CT molecular complexity index is 727. The van der Waals surface area contributed by atoms with Crippen LogP contribution < -0.4 is 0 Å². The molecule has 5 heteroatoms. The molecule has 0 aliphatic carbocycles. The fourth-order valence-corrected chi connectivity index (χ4v) is 2.70. The van der Waals surface area contributed by atoms with Gasteiger partial charge in [-0.2, -0.15) is 5.10 Å². The van der Waals surface area contributed by atoms with Crippen molar-refractivity contribution in [3.05, 3.63) is 59.0 Å². The summed E-state index contributed by atoms with van der Waals surface area (Å²) in [6.07, 6.45) is 2.24. The van der Waals surface area contributed by atoms with Crippen molar-refractivity contribution in [1.82, 2.24) is 5.01 Å². The third-order valence-electron chi connectivity index (χ3n) is 3.82. The SMILES string of the molecule is CC(C)(C)C(=O)N1N=C(c2ccco2)C[C@H]1c1ccc(Cl)cc1. The zero-order valence-corrected chi connectivity index (χ0v) is 14.2. The summed E-state index contributed by atoms with van der Waals surface area (Å²) in [4.78, 5) is 12.8. The minimum atomic E-state index is -0.507. The van der Waals surface area contributed by atoms with Gasteiger partial charge in [-0.3, -0.25) is 4.79 Å². The van der Waals surface area contributed by atoms with Gasteiger partial charge in [0.05, 0.1) is 12.3 Å². The molecule has 1 aromatic carbocycles. The van der Waals surface area contributed by atoms with Crippen molar-refractivity contribution >= 4 is 23.2 Å². The number of rotatable bonds is 2. The van der Waals surface area contributed by atoms with E-state index in [9.17, 15) is 4.79 Å². The van der Waals surface area contributed by atoms with Crippen LogP contribution in [0.5, 0.6) is 0 Å². The first-order valence-corrected chi connectivity index (χ1v) is 7.94. The third kappa shape index (κ3) is 3.17. The molecule has 0 bridgehead atoms. The first-order chi connectivity index (χ1) is 10.9. The van der Waals surface area contributed by atoms with Gasteiger partial charge in [-0.25, -0.2) is 5.01 Å². The number of hydrogen-bond acceptors (Lipinski definition) is 3. The molecule has 23 heavy (non-hydrogen) atoms. The lowest BCUT2D eigenvalue weighted by molar-refractivity contribution is -0.141. The molecule has 2 heterocycles. The van der Waals surface area contributed by atoms with E-state index in [1.807, 2.05) is 57.2 Å². The van der Waals surface area contributed by atoms with E-state index in [0.717, 1.165) is 11.3 Å². The molecule has 0 unspecified atom stereocenters. The Labute approximate surface area is 140 Å². The van der Waals surface area contributed by atoms with Crippen LogP contribution in [0.15, 0.2) is 52.2 Å². The largest absolute Gasteiger partial charge is 0.463 e. The smallest absolute Gasteiger partial charge is 0.248 e. The fraction of sp³-hybridized carbons (Fsp3) is 0.333. The second-order valence-electron chi connectivity index (χ2n) is 6.70. The Morgan fingerprint density at radius 2 is 1.96 bits per heavy atom. The van der Waals surface area contributed by atoms with E-state index in [0.29, 0.717) is 17.2 Å². The van der Waals surface area contributed by atoms with Crippen LogP contribution in [-0.2, 0) is 4.79 Å². The summed E-state index contributed by atoms with van der Waals surface area (Å²) >= 11 is 5.98. The van der Waals surface area contributed by atoms with Crippen LogP contribution in [0.4, 0.5) is 0 Å². The normalized spacial score (nSPS) is 18.2. The summed E-state index contributed by atoms with van der Waals surface area (Å²) in [6.45, 7) is 5.69. The molecule has 0 spiro atoms. The monoisotopic (exact) mass is 330 g/mol. The molecule has 3 rings (SSSR count). The van der Waals surface area contributed by atoms with Crippen LogP contribution in [0.2, 0.25) is 5.02 Å². The Hall–Kier alpha value is -2.07. The number of amides is 1. The second kappa shape index (κ2) is 5.85. The lowest BCUT2D eigenvalue weighted by Gasteiger charge is -2.28. The highest BCUT2D eigenvalue weighted by Gasteiger charge is 2.38. The number of carbonyl (C=O) groups is 1. The van der Waals surface area contributed by atoms with Gasteiger partial charge >= 0.3 is 0 Å². The average molecular weight is 331 g/mol. The van der Waals surface area contributed by atoms with Crippen molar-refractivity contribution in [3.8, 4) is 0 Å². The Balaban J connectivity index is 1.98. The predicted molar refractivity (Wildman–Crippen MR) is 90.4 cm³/mol. The molecule has 1 aromatic heterocycles. The van der Waals surface area contributed by atoms with Crippen molar-refractivity contribution < 1.29 is 9.21 Å². The molecule has 4 nitrogen and oxygen atoms in total. The van der Waals surface area contributed by atoms with E-state index in [-0.39, 0.29) is 11.9 Å². The van der Waals surface area contributed by atoms with Crippen molar-refractivity contribution in [2.45, 2.75) is 33.2 Å². The number of halogens is 1. The van der Waals surface area contributed by atoms with Crippen LogP contribution in [0.1, 0.15) is 44.6 Å². The molecular weight excluding hydrogens is 312 g/mol. The summed E-state index contributed by atoms with van der Waals surface area (Å²) in [6, 6.07) is 11.1. The van der Waals surface area contributed by atoms with Gasteiger partial charge in [0.1, 0.15) is 11.5 Å². The van der Waals surface area contributed by atoms with Crippen molar-refractivity contribution in [3.63, 3.8) is 0 Å². The van der Waals surface area contributed by atoms with Gasteiger partial charge in [0, 0.05) is 16.9 Å². The minimum absolute atomic E-state index is 0.0148. The number of nitrogens with zero attached hydrogens (tertiary/aromatic N) is 2. The van der Waals surface area contributed by atoms with E-state index in [2.05, 4.69) is 5.10 Å². The third-order valence-corrected chi connectivity index (χ3v) is 4.07. The van der Waals surface area contributed by atoms with Gasteiger partial charge in [0.15, 0.2) is 0 Å². The van der Waals surface area contributed by atoms with Crippen LogP contribution >= 0.6 is 11.6 Å². The fourth-order valence-electron chi connectivity index (χ4n) is 2.58. The topological polar surface area (TPSA) is 45.8 Å². The molecule has 1 aliphatic heterocycles.